The summed E-state index contributed by atoms with van der Waals surface area (Å²) in [7, 11) is 0. The van der Waals surface area contributed by atoms with Crippen LogP contribution in [0, 0.1) is 0 Å². The van der Waals surface area contributed by atoms with Crippen molar-refractivity contribution in [3.05, 3.63) is 35.4 Å². The monoisotopic (exact) mass is 328 g/mol. The van der Waals surface area contributed by atoms with Gasteiger partial charge in [0.15, 0.2) is 0 Å². The first-order valence-corrected chi connectivity index (χ1v) is 7.91. The second-order valence-corrected chi connectivity index (χ2v) is 6.42. The average Bonchev–Trinajstić information content (AvgIpc) is 3.29. The SMILES string of the molecule is CC(C)c1ccc(CN(CC(=O)NCC(F)(F)F)C2CC2)cc1. The number of hydrogen-bond donors (Lipinski definition) is 1. The van der Waals surface area contributed by atoms with Gasteiger partial charge in [-0.05, 0) is 29.9 Å². The predicted octanol–water partition coefficient (Wildman–Crippen LogP) is 3.45. The average molecular weight is 328 g/mol. The van der Waals surface area contributed by atoms with Gasteiger partial charge in [0, 0.05) is 12.6 Å². The molecule has 0 saturated heterocycles. The number of carbonyl (C=O) groups excluding carboxylic acids is 1. The minimum atomic E-state index is -4.37. The van der Waals surface area contributed by atoms with Crippen molar-refractivity contribution >= 4 is 5.91 Å². The van der Waals surface area contributed by atoms with Crippen molar-refractivity contribution in [1.82, 2.24) is 10.2 Å². The Bertz CT molecular complexity index is 522. The van der Waals surface area contributed by atoms with Crippen LogP contribution in [-0.2, 0) is 11.3 Å². The van der Waals surface area contributed by atoms with Gasteiger partial charge in [-0.25, -0.2) is 0 Å². The van der Waals surface area contributed by atoms with Crippen molar-refractivity contribution in [3.63, 3.8) is 0 Å². The Hall–Kier alpha value is -1.56. The van der Waals surface area contributed by atoms with E-state index in [9.17, 15) is 18.0 Å². The molecule has 6 heteroatoms. The predicted molar refractivity (Wildman–Crippen MR) is 83.0 cm³/mol. The molecule has 1 aliphatic carbocycles. The summed E-state index contributed by atoms with van der Waals surface area (Å²) in [5.41, 5.74) is 2.32. The van der Waals surface area contributed by atoms with Gasteiger partial charge < -0.3 is 5.32 Å². The summed E-state index contributed by atoms with van der Waals surface area (Å²) in [6.07, 6.45) is -2.37. The number of benzene rings is 1. The molecule has 0 bridgehead atoms. The molecule has 1 aromatic carbocycles. The third kappa shape index (κ3) is 6.22. The second kappa shape index (κ2) is 7.34. The van der Waals surface area contributed by atoms with Crippen molar-refractivity contribution in [2.75, 3.05) is 13.1 Å². The molecule has 0 radical (unpaired) electrons. The van der Waals surface area contributed by atoms with Crippen molar-refractivity contribution in [2.45, 2.75) is 51.4 Å². The molecule has 2 rings (SSSR count). The van der Waals surface area contributed by atoms with E-state index < -0.39 is 18.6 Å². The molecule has 1 N–H and O–H groups in total. The minimum absolute atomic E-state index is 0.00663. The number of carbonyl (C=O) groups is 1. The Morgan fingerprint density at radius 1 is 1.26 bits per heavy atom. The van der Waals surface area contributed by atoms with Gasteiger partial charge in [0.05, 0.1) is 6.54 Å². The molecular formula is C17H23F3N2O. The number of amides is 1. The van der Waals surface area contributed by atoms with E-state index in [0.29, 0.717) is 18.5 Å². The van der Waals surface area contributed by atoms with Crippen LogP contribution < -0.4 is 5.32 Å². The van der Waals surface area contributed by atoms with E-state index in [4.69, 9.17) is 0 Å². The van der Waals surface area contributed by atoms with Crippen molar-refractivity contribution in [1.29, 1.82) is 0 Å². The summed E-state index contributed by atoms with van der Waals surface area (Å²) in [5, 5.41) is 1.94. The highest BCUT2D eigenvalue weighted by Gasteiger charge is 2.32. The van der Waals surface area contributed by atoms with Gasteiger partial charge in [-0.2, -0.15) is 13.2 Å². The third-order valence-corrected chi connectivity index (χ3v) is 3.93. The minimum Gasteiger partial charge on any atom is -0.346 e. The molecule has 1 aromatic rings. The van der Waals surface area contributed by atoms with Crippen LogP contribution in [0.4, 0.5) is 13.2 Å². The molecule has 1 fully saturated rings. The van der Waals surface area contributed by atoms with E-state index in [2.05, 4.69) is 26.0 Å². The summed E-state index contributed by atoms with van der Waals surface area (Å²) in [5.74, 6) is -0.121. The van der Waals surface area contributed by atoms with E-state index in [0.717, 1.165) is 18.4 Å². The first-order valence-electron chi connectivity index (χ1n) is 7.91. The number of rotatable bonds is 7. The third-order valence-electron chi connectivity index (χ3n) is 3.93. The summed E-state index contributed by atoms with van der Waals surface area (Å²) in [4.78, 5) is 13.7. The van der Waals surface area contributed by atoms with Gasteiger partial charge >= 0.3 is 6.18 Å². The Morgan fingerprint density at radius 3 is 2.35 bits per heavy atom. The van der Waals surface area contributed by atoms with Gasteiger partial charge in [0.2, 0.25) is 5.91 Å². The Labute approximate surface area is 134 Å². The Morgan fingerprint density at radius 2 is 1.87 bits per heavy atom. The standard InChI is InChI=1S/C17H23F3N2O/c1-12(2)14-5-3-13(4-6-14)9-22(15-7-8-15)10-16(23)21-11-17(18,19)20/h3-6,12,15H,7-11H2,1-2H3,(H,21,23). The van der Waals surface area contributed by atoms with Gasteiger partial charge in [0.25, 0.3) is 0 Å². The first kappa shape index (κ1) is 17.8. The Balaban J connectivity index is 1.90. The molecule has 3 nitrogen and oxygen atoms in total. The lowest BCUT2D eigenvalue weighted by atomic mass is 10.0. The summed E-state index contributed by atoms with van der Waals surface area (Å²) >= 11 is 0. The lowest BCUT2D eigenvalue weighted by Gasteiger charge is -2.22. The highest BCUT2D eigenvalue weighted by Crippen LogP contribution is 2.28. The fourth-order valence-electron chi connectivity index (χ4n) is 2.44. The van der Waals surface area contributed by atoms with Crippen LogP contribution in [0.15, 0.2) is 24.3 Å². The lowest BCUT2D eigenvalue weighted by molar-refractivity contribution is -0.139. The van der Waals surface area contributed by atoms with Crippen LogP contribution in [0.1, 0.15) is 43.7 Å². The quantitative estimate of drug-likeness (QED) is 0.831. The molecule has 0 aromatic heterocycles. The Kier molecular flexibility index (Phi) is 5.68. The number of alkyl halides is 3. The topological polar surface area (TPSA) is 32.3 Å². The molecule has 0 spiro atoms. The molecule has 23 heavy (non-hydrogen) atoms. The van der Waals surface area contributed by atoms with Crippen LogP contribution in [0.25, 0.3) is 0 Å². The van der Waals surface area contributed by atoms with E-state index >= 15 is 0 Å². The van der Waals surface area contributed by atoms with Gasteiger partial charge in [0.1, 0.15) is 6.54 Å². The van der Waals surface area contributed by atoms with E-state index in [1.54, 1.807) is 0 Å². The molecule has 0 unspecified atom stereocenters. The van der Waals surface area contributed by atoms with Crippen LogP contribution in [0.3, 0.4) is 0 Å². The van der Waals surface area contributed by atoms with Crippen LogP contribution in [-0.4, -0.2) is 36.1 Å². The zero-order chi connectivity index (χ0) is 17.0. The van der Waals surface area contributed by atoms with Gasteiger partial charge in [-0.1, -0.05) is 38.1 Å². The molecular weight excluding hydrogens is 305 g/mol. The van der Waals surface area contributed by atoms with Crippen LogP contribution >= 0.6 is 0 Å². The molecule has 0 atom stereocenters. The lowest BCUT2D eigenvalue weighted by Crippen LogP contribution is -2.41. The molecule has 1 aliphatic rings. The van der Waals surface area contributed by atoms with E-state index in [1.165, 1.54) is 5.56 Å². The normalized spacial score (nSPS) is 15.3. The van der Waals surface area contributed by atoms with Crippen LogP contribution in [0.5, 0.6) is 0 Å². The maximum atomic E-state index is 12.1. The number of halogens is 3. The van der Waals surface area contributed by atoms with Crippen LogP contribution in [0.2, 0.25) is 0 Å². The summed E-state index contributed by atoms with van der Waals surface area (Å²) in [6, 6.07) is 8.48. The fraction of sp³-hybridized carbons (Fsp3) is 0.588. The van der Waals surface area contributed by atoms with E-state index in [-0.39, 0.29) is 6.54 Å². The zero-order valence-electron chi connectivity index (χ0n) is 13.5. The van der Waals surface area contributed by atoms with Crippen molar-refractivity contribution < 1.29 is 18.0 Å². The smallest absolute Gasteiger partial charge is 0.346 e. The van der Waals surface area contributed by atoms with E-state index in [1.807, 2.05) is 22.3 Å². The van der Waals surface area contributed by atoms with Crippen molar-refractivity contribution in [2.24, 2.45) is 0 Å². The highest BCUT2D eigenvalue weighted by molar-refractivity contribution is 5.78. The number of nitrogens with zero attached hydrogens (tertiary/aromatic N) is 1. The maximum Gasteiger partial charge on any atom is 0.405 e. The summed E-state index contributed by atoms with van der Waals surface area (Å²) < 4.78 is 36.4. The largest absolute Gasteiger partial charge is 0.405 e. The zero-order valence-corrected chi connectivity index (χ0v) is 13.5. The number of hydrogen-bond acceptors (Lipinski definition) is 2. The van der Waals surface area contributed by atoms with Gasteiger partial charge in [-0.15, -0.1) is 0 Å². The molecule has 1 saturated carbocycles. The molecule has 128 valence electrons. The highest BCUT2D eigenvalue weighted by atomic mass is 19.4. The first-order chi connectivity index (χ1) is 10.7. The summed E-state index contributed by atoms with van der Waals surface area (Å²) in [6.45, 7) is 3.57. The second-order valence-electron chi connectivity index (χ2n) is 6.42. The number of nitrogens with one attached hydrogen (secondary N) is 1. The molecule has 1 amide bonds. The van der Waals surface area contributed by atoms with Gasteiger partial charge in [-0.3, -0.25) is 9.69 Å². The molecule has 0 aliphatic heterocycles. The maximum absolute atomic E-state index is 12.1. The van der Waals surface area contributed by atoms with Crippen molar-refractivity contribution in [3.8, 4) is 0 Å². The fourth-order valence-corrected chi connectivity index (χ4v) is 2.44. The molecule has 0 heterocycles.